The number of aliphatic carboxylic acids is 1. The van der Waals surface area contributed by atoms with E-state index in [1.807, 2.05) is 6.07 Å². The smallest absolute Gasteiger partial charge is 0.325 e. The van der Waals surface area contributed by atoms with Crippen LogP contribution in [-0.2, 0) is 11.3 Å². The molecule has 0 unspecified atom stereocenters. The number of nitrogens with one attached hydrogen (secondary N) is 1. The van der Waals surface area contributed by atoms with Crippen molar-refractivity contribution in [3.8, 4) is 0 Å². The zero-order valence-corrected chi connectivity index (χ0v) is 15.1. The van der Waals surface area contributed by atoms with E-state index in [9.17, 15) is 14.4 Å². The Balaban J connectivity index is 1.61. The molecule has 8 heteroatoms. The van der Waals surface area contributed by atoms with Gasteiger partial charge in [0, 0.05) is 36.5 Å². The monoisotopic (exact) mass is 370 g/mol. The summed E-state index contributed by atoms with van der Waals surface area (Å²) in [6.45, 7) is 2.51. The minimum Gasteiger partial charge on any atom is -0.480 e. The van der Waals surface area contributed by atoms with Crippen LogP contribution in [0.25, 0.3) is 0 Å². The Morgan fingerprint density at radius 2 is 1.96 bits per heavy atom. The number of ketones is 1. The van der Waals surface area contributed by atoms with Gasteiger partial charge in [0.15, 0.2) is 5.78 Å². The minimum absolute atomic E-state index is 0.0194. The molecule has 2 aromatic rings. The number of aromatic nitrogens is 2. The predicted molar refractivity (Wildman–Crippen MR) is 98.9 cm³/mol. The van der Waals surface area contributed by atoms with E-state index in [-0.39, 0.29) is 24.3 Å². The van der Waals surface area contributed by atoms with Crippen molar-refractivity contribution >= 4 is 23.5 Å². The summed E-state index contributed by atoms with van der Waals surface area (Å²) in [5.41, 5.74) is 2.04. The molecule has 0 spiro atoms. The van der Waals surface area contributed by atoms with Crippen molar-refractivity contribution in [3.63, 3.8) is 0 Å². The van der Waals surface area contributed by atoms with Crippen molar-refractivity contribution in [1.29, 1.82) is 0 Å². The normalized spacial score (nSPS) is 16.8. The van der Waals surface area contributed by atoms with Gasteiger partial charge in [0.25, 0.3) is 0 Å². The number of benzene rings is 1. The van der Waals surface area contributed by atoms with Crippen LogP contribution < -0.4 is 5.32 Å². The standard InChI is InChI=1S/C19H22N4O4/c1-13(24)14-4-6-16(7-5-14)20-19(27)22-9-2-3-15(11-22)17-8-10-23(21-17)12-18(25)26/h4-8,10,15H,2-3,9,11-12H2,1H3,(H,20,27)(H,25,26)/t15-/m1/s1. The molecule has 27 heavy (non-hydrogen) atoms. The molecule has 1 atom stereocenters. The number of urea groups is 1. The molecule has 1 aromatic heterocycles. The maximum Gasteiger partial charge on any atom is 0.325 e. The van der Waals surface area contributed by atoms with Crippen molar-refractivity contribution in [1.82, 2.24) is 14.7 Å². The second-order valence-electron chi connectivity index (χ2n) is 6.68. The molecule has 0 saturated carbocycles. The average Bonchev–Trinajstić information content (AvgIpc) is 3.10. The van der Waals surface area contributed by atoms with Crippen LogP contribution in [0.1, 0.15) is 41.7 Å². The van der Waals surface area contributed by atoms with Crippen molar-refractivity contribution in [2.75, 3.05) is 18.4 Å². The molecule has 1 aliphatic rings. The number of nitrogens with zero attached hydrogens (tertiary/aromatic N) is 3. The van der Waals surface area contributed by atoms with Crippen LogP contribution in [-0.4, -0.2) is 50.7 Å². The molecule has 8 nitrogen and oxygen atoms in total. The number of hydrogen-bond acceptors (Lipinski definition) is 4. The van der Waals surface area contributed by atoms with Crippen LogP contribution in [0.5, 0.6) is 0 Å². The predicted octanol–water partition coefficient (Wildman–Crippen LogP) is 2.58. The number of piperidine rings is 1. The molecule has 2 N–H and O–H groups in total. The first-order valence-electron chi connectivity index (χ1n) is 8.84. The van der Waals surface area contributed by atoms with E-state index in [0.717, 1.165) is 18.5 Å². The van der Waals surface area contributed by atoms with Crippen molar-refractivity contribution in [2.45, 2.75) is 32.2 Å². The Hall–Kier alpha value is -3.16. The number of anilines is 1. The Morgan fingerprint density at radius 3 is 2.63 bits per heavy atom. The summed E-state index contributed by atoms with van der Waals surface area (Å²) in [6, 6.07) is 8.42. The summed E-state index contributed by atoms with van der Waals surface area (Å²) in [5.74, 6) is -0.876. The van der Waals surface area contributed by atoms with E-state index >= 15 is 0 Å². The van der Waals surface area contributed by atoms with Crippen molar-refractivity contribution in [3.05, 3.63) is 47.8 Å². The van der Waals surface area contributed by atoms with Crippen LogP contribution >= 0.6 is 0 Å². The summed E-state index contributed by atoms with van der Waals surface area (Å²) in [6.07, 6.45) is 3.41. The third kappa shape index (κ3) is 4.72. The van der Waals surface area contributed by atoms with Gasteiger partial charge in [-0.15, -0.1) is 0 Å². The summed E-state index contributed by atoms with van der Waals surface area (Å²) >= 11 is 0. The van der Waals surface area contributed by atoms with Crippen LogP contribution in [0.4, 0.5) is 10.5 Å². The molecule has 0 aliphatic carbocycles. The van der Waals surface area contributed by atoms with Gasteiger partial charge in [-0.3, -0.25) is 14.3 Å². The lowest BCUT2D eigenvalue weighted by Gasteiger charge is -2.32. The van der Waals surface area contributed by atoms with E-state index in [4.69, 9.17) is 5.11 Å². The highest BCUT2D eigenvalue weighted by Crippen LogP contribution is 2.26. The molecule has 3 rings (SSSR count). The van der Waals surface area contributed by atoms with E-state index < -0.39 is 5.97 Å². The second kappa shape index (κ2) is 8.03. The van der Waals surface area contributed by atoms with Crippen LogP contribution in [0.15, 0.2) is 36.5 Å². The van der Waals surface area contributed by atoms with Gasteiger partial charge in [-0.25, -0.2) is 4.79 Å². The zero-order chi connectivity index (χ0) is 19.4. The average molecular weight is 370 g/mol. The first-order chi connectivity index (χ1) is 12.9. The summed E-state index contributed by atoms with van der Waals surface area (Å²) < 4.78 is 1.40. The topological polar surface area (TPSA) is 105 Å². The summed E-state index contributed by atoms with van der Waals surface area (Å²) in [7, 11) is 0. The number of rotatable bonds is 5. The van der Waals surface area contributed by atoms with Gasteiger partial charge in [0.2, 0.25) is 0 Å². The second-order valence-corrected chi connectivity index (χ2v) is 6.68. The summed E-state index contributed by atoms with van der Waals surface area (Å²) in [4.78, 5) is 36.4. The highest BCUT2D eigenvalue weighted by molar-refractivity contribution is 5.95. The molecule has 0 radical (unpaired) electrons. The highest BCUT2D eigenvalue weighted by Gasteiger charge is 2.26. The molecule has 1 aliphatic heterocycles. The highest BCUT2D eigenvalue weighted by atomic mass is 16.4. The first kappa shape index (κ1) is 18.6. The molecule has 0 bridgehead atoms. The maximum atomic E-state index is 12.6. The van der Waals surface area contributed by atoms with E-state index in [1.54, 1.807) is 35.4 Å². The quantitative estimate of drug-likeness (QED) is 0.787. The number of amides is 2. The Kier molecular flexibility index (Phi) is 5.54. The molecular formula is C19H22N4O4. The van der Waals surface area contributed by atoms with Gasteiger partial charge in [-0.1, -0.05) is 0 Å². The lowest BCUT2D eigenvalue weighted by atomic mass is 9.95. The molecule has 142 valence electrons. The third-order valence-corrected chi connectivity index (χ3v) is 4.63. The molecule has 1 aromatic carbocycles. The number of carboxylic acids is 1. The van der Waals surface area contributed by atoms with Gasteiger partial charge >= 0.3 is 12.0 Å². The molecule has 1 saturated heterocycles. The Morgan fingerprint density at radius 1 is 1.22 bits per heavy atom. The van der Waals surface area contributed by atoms with E-state index in [2.05, 4.69) is 10.4 Å². The van der Waals surface area contributed by atoms with Gasteiger partial charge in [-0.05, 0) is 50.1 Å². The lowest BCUT2D eigenvalue weighted by molar-refractivity contribution is -0.137. The number of carboxylic acid groups (broad SMARTS) is 1. The number of hydrogen-bond donors (Lipinski definition) is 2. The van der Waals surface area contributed by atoms with Crippen LogP contribution in [0.2, 0.25) is 0 Å². The van der Waals surface area contributed by atoms with E-state index in [0.29, 0.717) is 24.3 Å². The SMILES string of the molecule is CC(=O)c1ccc(NC(=O)N2CCC[C@@H](c3ccn(CC(=O)O)n3)C2)cc1. The van der Waals surface area contributed by atoms with Gasteiger partial charge in [-0.2, -0.15) is 5.10 Å². The van der Waals surface area contributed by atoms with Gasteiger partial charge in [0.1, 0.15) is 6.54 Å². The first-order valence-corrected chi connectivity index (χ1v) is 8.84. The number of carbonyl (C=O) groups excluding carboxylic acids is 2. The van der Waals surface area contributed by atoms with Crippen LogP contribution in [0.3, 0.4) is 0 Å². The molecule has 2 amide bonds. The minimum atomic E-state index is -0.940. The number of likely N-dealkylation sites (tertiary alicyclic amines) is 1. The Labute approximate surface area is 156 Å². The molecule has 1 fully saturated rings. The molecule has 2 heterocycles. The van der Waals surface area contributed by atoms with Crippen molar-refractivity contribution in [2.24, 2.45) is 0 Å². The zero-order valence-electron chi connectivity index (χ0n) is 15.1. The number of Topliss-reactive ketones (excluding diaryl/α,β-unsaturated/α-hetero) is 1. The Bertz CT molecular complexity index is 844. The van der Waals surface area contributed by atoms with E-state index in [1.165, 1.54) is 11.6 Å². The fraction of sp³-hybridized carbons (Fsp3) is 0.368. The van der Waals surface area contributed by atoms with Gasteiger partial charge < -0.3 is 15.3 Å². The fourth-order valence-electron chi connectivity index (χ4n) is 3.22. The van der Waals surface area contributed by atoms with Crippen LogP contribution in [0, 0.1) is 0 Å². The summed E-state index contributed by atoms with van der Waals surface area (Å²) in [5, 5.41) is 16.0. The third-order valence-electron chi connectivity index (χ3n) is 4.63. The number of carbonyl (C=O) groups is 3. The lowest BCUT2D eigenvalue weighted by Crippen LogP contribution is -2.41. The molecular weight excluding hydrogens is 348 g/mol. The fourth-order valence-corrected chi connectivity index (χ4v) is 3.22. The van der Waals surface area contributed by atoms with Crippen molar-refractivity contribution < 1.29 is 19.5 Å². The largest absolute Gasteiger partial charge is 0.480 e. The maximum absolute atomic E-state index is 12.6. The van der Waals surface area contributed by atoms with Gasteiger partial charge in [0.05, 0.1) is 5.69 Å².